The lowest BCUT2D eigenvalue weighted by molar-refractivity contribution is -0.121. The first-order valence-electron chi connectivity index (χ1n) is 5.03. The third-order valence-electron chi connectivity index (χ3n) is 2.06. The van der Waals surface area contributed by atoms with E-state index in [-0.39, 0.29) is 18.1 Å². The second-order valence-corrected chi connectivity index (χ2v) is 3.57. The average molecular weight is 203 g/mol. The van der Waals surface area contributed by atoms with Crippen LogP contribution >= 0.6 is 0 Å². The highest BCUT2D eigenvalue weighted by Crippen LogP contribution is 1.99. The molecule has 0 bridgehead atoms. The summed E-state index contributed by atoms with van der Waals surface area (Å²) < 4.78 is 5.02. The number of carbonyl (C=O) groups excluding carboxylic acids is 1. The van der Waals surface area contributed by atoms with E-state index in [1.165, 1.54) is 0 Å². The first-order valence-corrected chi connectivity index (χ1v) is 5.03. The summed E-state index contributed by atoms with van der Waals surface area (Å²) in [6.07, 6.45) is 1.59. The zero-order chi connectivity index (χ0) is 11.0. The van der Waals surface area contributed by atoms with Crippen molar-refractivity contribution in [3.8, 4) is 0 Å². The van der Waals surface area contributed by atoms with Gasteiger partial charge in [-0.05, 0) is 26.7 Å². The van der Waals surface area contributed by atoms with Crippen LogP contribution in [0.15, 0.2) is 0 Å². The summed E-state index contributed by atoms with van der Waals surface area (Å²) in [5, 5.41) is 11.7. The van der Waals surface area contributed by atoms with Gasteiger partial charge in [0.2, 0.25) is 5.91 Å². The number of hydrogen-bond acceptors (Lipinski definition) is 3. The maximum atomic E-state index is 11.2. The van der Waals surface area contributed by atoms with Crippen molar-refractivity contribution in [3.05, 3.63) is 0 Å². The van der Waals surface area contributed by atoms with E-state index in [9.17, 15) is 4.79 Å². The van der Waals surface area contributed by atoms with Gasteiger partial charge in [-0.2, -0.15) is 0 Å². The summed E-state index contributed by atoms with van der Waals surface area (Å²) in [5.74, 6) is 0.0227. The third-order valence-corrected chi connectivity index (χ3v) is 2.06. The highest BCUT2D eigenvalue weighted by molar-refractivity contribution is 5.75. The molecule has 4 nitrogen and oxygen atoms in total. The molecule has 0 saturated heterocycles. The quantitative estimate of drug-likeness (QED) is 0.640. The Labute approximate surface area is 85.6 Å². The van der Waals surface area contributed by atoms with Gasteiger partial charge in [-0.3, -0.25) is 4.79 Å². The summed E-state index contributed by atoms with van der Waals surface area (Å²) >= 11 is 0. The van der Waals surface area contributed by atoms with E-state index in [2.05, 4.69) is 5.32 Å². The van der Waals surface area contributed by atoms with Gasteiger partial charge in [-0.1, -0.05) is 0 Å². The predicted molar refractivity (Wildman–Crippen MR) is 55.0 cm³/mol. The third kappa shape index (κ3) is 8.01. The molecular formula is C10H21NO3. The minimum Gasteiger partial charge on any atom is -0.393 e. The molecule has 0 aliphatic rings. The standard InChI is InChI=1S/C10H21NO3/c1-8(12)6-7-11-10(13)5-4-9(2)14-3/h8-9,12H,4-7H2,1-3H3,(H,11,13). The molecule has 0 aromatic carbocycles. The van der Waals surface area contributed by atoms with Crippen molar-refractivity contribution < 1.29 is 14.6 Å². The van der Waals surface area contributed by atoms with Crippen molar-refractivity contribution in [3.63, 3.8) is 0 Å². The molecule has 2 atom stereocenters. The maximum Gasteiger partial charge on any atom is 0.220 e. The Bertz CT molecular complexity index is 159. The summed E-state index contributed by atoms with van der Waals surface area (Å²) in [6, 6.07) is 0. The molecule has 2 N–H and O–H groups in total. The van der Waals surface area contributed by atoms with Gasteiger partial charge in [0.15, 0.2) is 0 Å². The lowest BCUT2D eigenvalue weighted by Gasteiger charge is -2.09. The number of hydrogen-bond donors (Lipinski definition) is 2. The number of ether oxygens (including phenoxy) is 1. The minimum absolute atomic E-state index is 0.0227. The molecule has 0 aliphatic heterocycles. The molecule has 0 aromatic rings. The Morgan fingerprint density at radius 1 is 1.43 bits per heavy atom. The molecular weight excluding hydrogens is 182 g/mol. The van der Waals surface area contributed by atoms with Crippen molar-refractivity contribution in [2.45, 2.75) is 45.3 Å². The van der Waals surface area contributed by atoms with Gasteiger partial charge in [0.05, 0.1) is 12.2 Å². The molecule has 0 aromatic heterocycles. The highest BCUT2D eigenvalue weighted by atomic mass is 16.5. The van der Waals surface area contributed by atoms with E-state index in [0.717, 1.165) is 6.42 Å². The van der Waals surface area contributed by atoms with E-state index in [1.54, 1.807) is 14.0 Å². The largest absolute Gasteiger partial charge is 0.393 e. The smallest absolute Gasteiger partial charge is 0.220 e. The molecule has 0 spiro atoms. The molecule has 0 saturated carbocycles. The number of nitrogens with one attached hydrogen (secondary N) is 1. The fourth-order valence-electron chi connectivity index (χ4n) is 0.961. The van der Waals surface area contributed by atoms with E-state index in [4.69, 9.17) is 9.84 Å². The minimum atomic E-state index is -0.354. The number of aliphatic hydroxyl groups excluding tert-OH is 1. The monoisotopic (exact) mass is 203 g/mol. The van der Waals surface area contributed by atoms with Gasteiger partial charge in [-0.15, -0.1) is 0 Å². The number of carbonyl (C=O) groups is 1. The summed E-state index contributed by atoms with van der Waals surface area (Å²) in [6.45, 7) is 4.18. The van der Waals surface area contributed by atoms with Crippen LogP contribution in [-0.4, -0.2) is 36.9 Å². The van der Waals surface area contributed by atoms with Crippen LogP contribution in [0.2, 0.25) is 0 Å². The topological polar surface area (TPSA) is 58.6 Å². The van der Waals surface area contributed by atoms with E-state index < -0.39 is 0 Å². The summed E-state index contributed by atoms with van der Waals surface area (Å²) in [4.78, 5) is 11.2. The van der Waals surface area contributed by atoms with Crippen LogP contribution in [0.3, 0.4) is 0 Å². The van der Waals surface area contributed by atoms with Gasteiger partial charge in [0.1, 0.15) is 0 Å². The van der Waals surface area contributed by atoms with Crippen molar-refractivity contribution in [1.29, 1.82) is 0 Å². The second kappa shape index (κ2) is 7.76. The van der Waals surface area contributed by atoms with Crippen LogP contribution in [0.4, 0.5) is 0 Å². The molecule has 84 valence electrons. The van der Waals surface area contributed by atoms with Gasteiger partial charge in [-0.25, -0.2) is 0 Å². The van der Waals surface area contributed by atoms with Gasteiger partial charge in [0.25, 0.3) is 0 Å². The lowest BCUT2D eigenvalue weighted by Crippen LogP contribution is -2.27. The molecule has 0 aliphatic carbocycles. The van der Waals surface area contributed by atoms with E-state index >= 15 is 0 Å². The van der Waals surface area contributed by atoms with Crippen molar-refractivity contribution in [2.75, 3.05) is 13.7 Å². The number of aliphatic hydroxyl groups is 1. The number of methoxy groups -OCH3 is 1. The first-order chi connectivity index (χ1) is 6.56. The Morgan fingerprint density at radius 2 is 2.07 bits per heavy atom. The number of amides is 1. The Balaban J connectivity index is 3.37. The molecule has 0 radical (unpaired) electrons. The van der Waals surface area contributed by atoms with Crippen LogP contribution in [-0.2, 0) is 9.53 Å². The maximum absolute atomic E-state index is 11.2. The second-order valence-electron chi connectivity index (χ2n) is 3.57. The van der Waals surface area contributed by atoms with Crippen LogP contribution in [0, 0.1) is 0 Å². The molecule has 14 heavy (non-hydrogen) atoms. The van der Waals surface area contributed by atoms with Crippen LogP contribution < -0.4 is 5.32 Å². The van der Waals surface area contributed by atoms with Crippen LogP contribution in [0.1, 0.15) is 33.1 Å². The Morgan fingerprint density at radius 3 is 2.57 bits per heavy atom. The SMILES string of the molecule is COC(C)CCC(=O)NCCC(C)O. The summed E-state index contributed by atoms with van der Waals surface area (Å²) in [5.41, 5.74) is 0. The fraction of sp³-hybridized carbons (Fsp3) is 0.900. The van der Waals surface area contributed by atoms with Crippen molar-refractivity contribution in [1.82, 2.24) is 5.32 Å². The average Bonchev–Trinajstić information content (AvgIpc) is 2.13. The van der Waals surface area contributed by atoms with Crippen molar-refractivity contribution in [2.24, 2.45) is 0 Å². The van der Waals surface area contributed by atoms with Gasteiger partial charge in [0, 0.05) is 20.1 Å². The first kappa shape index (κ1) is 13.4. The Hall–Kier alpha value is -0.610. The fourth-order valence-corrected chi connectivity index (χ4v) is 0.961. The molecule has 0 rings (SSSR count). The summed E-state index contributed by atoms with van der Waals surface area (Å²) in [7, 11) is 1.63. The molecule has 4 heteroatoms. The molecule has 0 fully saturated rings. The van der Waals surface area contributed by atoms with E-state index in [1.807, 2.05) is 6.92 Å². The van der Waals surface area contributed by atoms with Gasteiger partial charge < -0.3 is 15.2 Å². The highest BCUT2D eigenvalue weighted by Gasteiger charge is 2.05. The zero-order valence-corrected chi connectivity index (χ0v) is 9.25. The zero-order valence-electron chi connectivity index (χ0n) is 9.25. The number of rotatable bonds is 7. The van der Waals surface area contributed by atoms with Crippen LogP contribution in [0.25, 0.3) is 0 Å². The van der Waals surface area contributed by atoms with Gasteiger partial charge >= 0.3 is 0 Å². The molecule has 2 unspecified atom stereocenters. The molecule has 0 heterocycles. The normalized spacial score (nSPS) is 14.9. The molecule has 1 amide bonds. The lowest BCUT2D eigenvalue weighted by atomic mass is 10.2. The van der Waals surface area contributed by atoms with Crippen LogP contribution in [0.5, 0.6) is 0 Å². The van der Waals surface area contributed by atoms with Crippen molar-refractivity contribution >= 4 is 5.91 Å². The van der Waals surface area contributed by atoms with E-state index in [0.29, 0.717) is 19.4 Å². The Kier molecular flexibility index (Phi) is 7.42. The predicted octanol–water partition coefficient (Wildman–Crippen LogP) is 0.689.